The molecule has 1 N–H and O–H groups in total. The first-order chi connectivity index (χ1) is 6.68. The number of rotatable bonds is 1. The van der Waals surface area contributed by atoms with E-state index in [9.17, 15) is 10.1 Å². The Morgan fingerprint density at radius 3 is 3.14 bits per heavy atom. The normalized spacial score (nSPS) is 31.5. The Balaban J connectivity index is 2.29. The van der Waals surface area contributed by atoms with Crippen LogP contribution in [0.15, 0.2) is 23.4 Å². The van der Waals surface area contributed by atoms with Crippen molar-refractivity contribution >= 4 is 11.6 Å². The summed E-state index contributed by atoms with van der Waals surface area (Å²) in [5.74, 6) is 0. The van der Waals surface area contributed by atoms with Gasteiger partial charge in [-0.05, 0) is 19.3 Å². The Hall–Kier alpha value is -0.870. The molecule has 4 nitrogen and oxygen atoms in total. The minimum absolute atomic E-state index is 0.0525. The molecule has 0 spiro atoms. The molecule has 14 heavy (non-hydrogen) atoms. The van der Waals surface area contributed by atoms with Crippen LogP contribution in [0.1, 0.15) is 19.3 Å². The van der Waals surface area contributed by atoms with Crippen molar-refractivity contribution in [2.45, 2.75) is 30.8 Å². The molecule has 2 aliphatic rings. The van der Waals surface area contributed by atoms with E-state index in [-0.39, 0.29) is 22.2 Å². The van der Waals surface area contributed by atoms with E-state index in [0.717, 1.165) is 24.8 Å². The molecule has 1 fully saturated rings. The molecule has 0 aromatic rings. The maximum atomic E-state index is 10.7. The van der Waals surface area contributed by atoms with Crippen molar-refractivity contribution in [2.24, 2.45) is 0 Å². The first kappa shape index (κ1) is 9.68. The lowest BCUT2D eigenvalue weighted by Gasteiger charge is -2.30. The quantitative estimate of drug-likeness (QED) is 0.313. The van der Waals surface area contributed by atoms with Gasteiger partial charge in [-0.3, -0.25) is 15.4 Å². The third-order valence-corrected chi connectivity index (χ3v) is 2.99. The largest absolute Gasteiger partial charge is 0.294 e. The van der Waals surface area contributed by atoms with Crippen LogP contribution in [0.2, 0.25) is 0 Å². The number of piperidine rings is 1. The molecule has 0 radical (unpaired) electrons. The van der Waals surface area contributed by atoms with E-state index in [1.165, 1.54) is 0 Å². The van der Waals surface area contributed by atoms with Gasteiger partial charge in [0.15, 0.2) is 0 Å². The number of hydrogen-bond donors (Lipinski definition) is 1. The number of halogens is 1. The average molecular weight is 215 g/mol. The molecule has 76 valence electrons. The molecule has 1 saturated heterocycles. The van der Waals surface area contributed by atoms with Gasteiger partial charge in [-0.25, -0.2) is 0 Å². The van der Waals surface area contributed by atoms with E-state index in [0.29, 0.717) is 0 Å². The topological polar surface area (TPSA) is 55.2 Å². The fourth-order valence-corrected chi connectivity index (χ4v) is 2.24. The van der Waals surface area contributed by atoms with Gasteiger partial charge in [-0.15, -0.1) is 11.6 Å². The van der Waals surface area contributed by atoms with Gasteiger partial charge in [0.25, 0.3) is 5.70 Å². The van der Waals surface area contributed by atoms with E-state index in [4.69, 9.17) is 11.6 Å². The van der Waals surface area contributed by atoms with E-state index >= 15 is 0 Å². The van der Waals surface area contributed by atoms with Crippen LogP contribution in [0.3, 0.4) is 0 Å². The molecule has 0 amide bonds. The highest BCUT2D eigenvalue weighted by Crippen LogP contribution is 2.29. The van der Waals surface area contributed by atoms with Crippen LogP contribution in [-0.2, 0) is 0 Å². The van der Waals surface area contributed by atoms with Crippen LogP contribution in [0, 0.1) is 10.1 Å². The van der Waals surface area contributed by atoms with Gasteiger partial charge in [0.05, 0.1) is 10.4 Å². The van der Waals surface area contributed by atoms with Crippen molar-refractivity contribution in [3.05, 3.63) is 33.5 Å². The zero-order valence-corrected chi connectivity index (χ0v) is 8.33. The monoisotopic (exact) mass is 214 g/mol. The molecule has 0 saturated carbocycles. The smallest absolute Gasteiger partial charge is 0.269 e. The molecular formula is C9H11ClN2O2. The van der Waals surface area contributed by atoms with Crippen LogP contribution in [0.5, 0.6) is 0 Å². The second-order valence-corrected chi connectivity index (χ2v) is 4.06. The zero-order valence-electron chi connectivity index (χ0n) is 7.57. The Labute approximate surface area is 86.8 Å². The summed E-state index contributed by atoms with van der Waals surface area (Å²) in [5.41, 5.74) is 1.09. The third kappa shape index (κ3) is 1.67. The Bertz CT molecular complexity index is 325. The fourth-order valence-electron chi connectivity index (χ4n) is 1.98. The van der Waals surface area contributed by atoms with Crippen LogP contribution in [-0.4, -0.2) is 16.5 Å². The lowest BCUT2D eigenvalue weighted by Crippen LogP contribution is -2.42. The first-order valence-electron chi connectivity index (χ1n) is 4.62. The van der Waals surface area contributed by atoms with Crippen LogP contribution >= 0.6 is 11.6 Å². The minimum Gasteiger partial charge on any atom is -0.294 e. The summed E-state index contributed by atoms with van der Waals surface area (Å²) in [5, 5.41) is 13.9. The number of alkyl halides is 1. The number of nitro groups is 1. The van der Waals surface area contributed by atoms with Gasteiger partial charge in [-0.1, -0.05) is 6.08 Å². The van der Waals surface area contributed by atoms with E-state index in [1.54, 1.807) is 6.08 Å². The molecule has 0 aromatic carbocycles. The lowest BCUT2D eigenvalue weighted by atomic mass is 9.90. The fraction of sp³-hybridized carbons (Fsp3) is 0.556. The highest BCUT2D eigenvalue weighted by molar-refractivity contribution is 6.20. The summed E-state index contributed by atoms with van der Waals surface area (Å²) in [6.45, 7) is 0. The van der Waals surface area contributed by atoms with Crippen molar-refractivity contribution in [2.75, 3.05) is 0 Å². The molecule has 2 atom stereocenters. The molecule has 2 rings (SSSR count). The predicted molar refractivity (Wildman–Crippen MR) is 53.6 cm³/mol. The van der Waals surface area contributed by atoms with Crippen LogP contribution in [0.25, 0.3) is 0 Å². The van der Waals surface area contributed by atoms with Gasteiger partial charge in [0, 0.05) is 17.7 Å². The number of fused-ring (bicyclic) bond motifs is 1. The maximum Gasteiger partial charge on any atom is 0.269 e. The van der Waals surface area contributed by atoms with Gasteiger partial charge >= 0.3 is 0 Å². The summed E-state index contributed by atoms with van der Waals surface area (Å²) in [6.07, 6.45) is 5.72. The lowest BCUT2D eigenvalue weighted by molar-refractivity contribution is -0.421. The molecule has 0 aromatic heterocycles. The summed E-state index contributed by atoms with van der Waals surface area (Å²) in [7, 11) is 0. The summed E-state index contributed by atoms with van der Waals surface area (Å²) < 4.78 is 0. The van der Waals surface area contributed by atoms with E-state index in [2.05, 4.69) is 5.32 Å². The Morgan fingerprint density at radius 2 is 2.43 bits per heavy atom. The Kier molecular flexibility index (Phi) is 2.56. The van der Waals surface area contributed by atoms with Gasteiger partial charge in [0.2, 0.25) is 0 Å². The molecular weight excluding hydrogens is 204 g/mol. The van der Waals surface area contributed by atoms with Crippen molar-refractivity contribution in [1.82, 2.24) is 5.32 Å². The van der Waals surface area contributed by atoms with Crippen molar-refractivity contribution in [1.29, 1.82) is 0 Å². The molecule has 0 bridgehead atoms. The third-order valence-electron chi connectivity index (χ3n) is 2.64. The first-order valence-corrected chi connectivity index (χ1v) is 5.06. The minimum atomic E-state index is -0.311. The van der Waals surface area contributed by atoms with Crippen molar-refractivity contribution in [3.8, 4) is 0 Å². The summed E-state index contributed by atoms with van der Waals surface area (Å²) in [4.78, 5) is 10.4. The number of nitrogens with one attached hydrogen (secondary N) is 1. The summed E-state index contributed by atoms with van der Waals surface area (Å²) in [6, 6.07) is 0.0663. The average Bonchev–Trinajstić information content (AvgIpc) is 2.16. The molecule has 2 unspecified atom stereocenters. The molecule has 1 aliphatic carbocycles. The molecule has 1 aliphatic heterocycles. The van der Waals surface area contributed by atoms with Crippen molar-refractivity contribution < 1.29 is 4.92 Å². The number of hydrogen-bond acceptors (Lipinski definition) is 3. The van der Waals surface area contributed by atoms with E-state index in [1.807, 2.05) is 6.08 Å². The SMILES string of the molecule is O=[N+]([O-])C1=C2CCC(Cl)NC2CC=C1. The highest BCUT2D eigenvalue weighted by atomic mass is 35.5. The zero-order chi connectivity index (χ0) is 10.1. The van der Waals surface area contributed by atoms with E-state index < -0.39 is 0 Å². The summed E-state index contributed by atoms with van der Waals surface area (Å²) >= 11 is 5.94. The van der Waals surface area contributed by atoms with Crippen molar-refractivity contribution in [3.63, 3.8) is 0 Å². The molecule has 1 heterocycles. The second-order valence-electron chi connectivity index (χ2n) is 3.53. The van der Waals surface area contributed by atoms with Gasteiger partial charge in [-0.2, -0.15) is 0 Å². The number of allylic oxidation sites excluding steroid dienone is 1. The van der Waals surface area contributed by atoms with Crippen LogP contribution in [0.4, 0.5) is 0 Å². The highest BCUT2D eigenvalue weighted by Gasteiger charge is 2.31. The van der Waals surface area contributed by atoms with Crippen LogP contribution < -0.4 is 5.32 Å². The van der Waals surface area contributed by atoms with Gasteiger partial charge < -0.3 is 0 Å². The maximum absolute atomic E-state index is 10.7. The predicted octanol–water partition coefficient (Wildman–Crippen LogP) is 1.79. The van der Waals surface area contributed by atoms with Gasteiger partial charge in [0.1, 0.15) is 0 Å². The standard InChI is InChI=1S/C9H11ClN2O2/c10-9-5-4-6-7(11-9)2-1-3-8(6)12(13)14/h1,3,7,9,11H,2,4-5H2. The second kappa shape index (κ2) is 3.71. The Morgan fingerprint density at radius 1 is 1.64 bits per heavy atom. The molecule has 5 heteroatoms. The number of nitrogens with zero attached hydrogens (tertiary/aromatic N) is 1.